The third-order valence-electron chi connectivity index (χ3n) is 2.85. The fourth-order valence-corrected chi connectivity index (χ4v) is 1.65. The van der Waals surface area contributed by atoms with Gasteiger partial charge in [0, 0.05) is 12.0 Å². The zero-order valence-electron chi connectivity index (χ0n) is 12.0. The summed E-state index contributed by atoms with van der Waals surface area (Å²) < 4.78 is 22.9. The first kappa shape index (κ1) is 15.2. The number of hydrogen-bond acceptors (Lipinski definition) is 5. The van der Waals surface area contributed by atoms with Crippen molar-refractivity contribution in [3.8, 4) is 11.5 Å². The van der Waals surface area contributed by atoms with Gasteiger partial charge in [0.15, 0.2) is 6.61 Å². The van der Waals surface area contributed by atoms with E-state index >= 15 is 0 Å². The van der Waals surface area contributed by atoms with Crippen LogP contribution >= 0.6 is 0 Å². The van der Waals surface area contributed by atoms with E-state index in [1.165, 1.54) is 12.1 Å². The van der Waals surface area contributed by atoms with E-state index in [1.54, 1.807) is 12.1 Å². The summed E-state index contributed by atoms with van der Waals surface area (Å²) in [5, 5.41) is 3.73. The van der Waals surface area contributed by atoms with Gasteiger partial charge in [0.2, 0.25) is 5.82 Å². The number of halogens is 1. The number of hydrogen-bond donors (Lipinski definition) is 0. The van der Waals surface area contributed by atoms with Crippen LogP contribution in [0.3, 0.4) is 0 Å². The predicted molar refractivity (Wildman–Crippen MR) is 73.6 cm³/mol. The summed E-state index contributed by atoms with van der Waals surface area (Å²) >= 11 is 0. The first-order chi connectivity index (χ1) is 10.0. The van der Waals surface area contributed by atoms with Crippen LogP contribution in [0, 0.1) is 11.7 Å². The van der Waals surface area contributed by atoms with Gasteiger partial charge in [-0.15, -0.1) is 0 Å². The maximum absolute atomic E-state index is 12.8. The Morgan fingerprint density at radius 2 is 2.05 bits per heavy atom. The standard InChI is InChI=1S/C15H17FN2O3/c1-10(2)3-8-14(19)20-9-13-17-15(21-18-13)11-4-6-12(16)7-5-11/h4-7,10H,3,8-9H2,1-2H3. The highest BCUT2D eigenvalue weighted by Crippen LogP contribution is 2.17. The van der Waals surface area contributed by atoms with Crippen molar-refractivity contribution in [3.05, 3.63) is 35.9 Å². The summed E-state index contributed by atoms with van der Waals surface area (Å²) in [6, 6.07) is 5.71. The van der Waals surface area contributed by atoms with Crippen LogP contribution < -0.4 is 0 Å². The van der Waals surface area contributed by atoms with Gasteiger partial charge in [0.25, 0.3) is 5.89 Å². The van der Waals surface area contributed by atoms with Crippen LogP contribution in [0.15, 0.2) is 28.8 Å². The van der Waals surface area contributed by atoms with E-state index in [1.807, 2.05) is 13.8 Å². The summed E-state index contributed by atoms with van der Waals surface area (Å²) in [6.07, 6.45) is 1.16. The molecule has 6 heteroatoms. The molecule has 2 rings (SSSR count). The van der Waals surface area contributed by atoms with Crippen molar-refractivity contribution in [1.29, 1.82) is 0 Å². The molecular formula is C15H17FN2O3. The predicted octanol–water partition coefficient (Wildman–Crippen LogP) is 3.36. The van der Waals surface area contributed by atoms with E-state index in [2.05, 4.69) is 10.1 Å². The van der Waals surface area contributed by atoms with Crippen LogP contribution in [0.1, 0.15) is 32.5 Å². The molecule has 0 bridgehead atoms. The summed E-state index contributed by atoms with van der Waals surface area (Å²) in [6.45, 7) is 4.06. The van der Waals surface area contributed by atoms with Gasteiger partial charge in [0.1, 0.15) is 5.82 Å². The number of rotatable bonds is 6. The SMILES string of the molecule is CC(C)CCC(=O)OCc1noc(-c2ccc(F)cc2)n1. The van der Waals surface area contributed by atoms with Crippen LogP contribution in [0.25, 0.3) is 11.5 Å². The molecule has 1 heterocycles. The monoisotopic (exact) mass is 292 g/mol. The molecule has 0 atom stereocenters. The molecule has 0 amide bonds. The topological polar surface area (TPSA) is 65.2 Å². The van der Waals surface area contributed by atoms with Gasteiger partial charge in [-0.1, -0.05) is 19.0 Å². The maximum Gasteiger partial charge on any atom is 0.306 e. The first-order valence-electron chi connectivity index (χ1n) is 6.78. The molecule has 0 aliphatic carbocycles. The Balaban J connectivity index is 1.88. The number of aromatic nitrogens is 2. The summed E-state index contributed by atoms with van der Waals surface area (Å²) in [7, 11) is 0. The van der Waals surface area contributed by atoms with Crippen molar-refractivity contribution in [2.75, 3.05) is 0 Å². The van der Waals surface area contributed by atoms with Crippen LogP contribution in [-0.4, -0.2) is 16.1 Å². The lowest BCUT2D eigenvalue weighted by Gasteiger charge is -2.03. The quantitative estimate of drug-likeness (QED) is 0.764. The Morgan fingerprint density at radius 1 is 1.33 bits per heavy atom. The minimum absolute atomic E-state index is 0.0262. The minimum Gasteiger partial charge on any atom is -0.457 e. The largest absolute Gasteiger partial charge is 0.457 e. The third kappa shape index (κ3) is 4.66. The Hall–Kier alpha value is -2.24. The van der Waals surface area contributed by atoms with Gasteiger partial charge in [-0.25, -0.2) is 4.39 Å². The van der Waals surface area contributed by atoms with Gasteiger partial charge < -0.3 is 9.26 Å². The Bertz CT molecular complexity index is 593. The fourth-order valence-electron chi connectivity index (χ4n) is 1.65. The number of carbonyl (C=O) groups excluding carboxylic acids is 1. The molecule has 0 saturated carbocycles. The average molecular weight is 292 g/mol. The normalized spacial score (nSPS) is 10.9. The zero-order chi connectivity index (χ0) is 15.2. The second-order valence-electron chi connectivity index (χ2n) is 5.12. The zero-order valence-corrected chi connectivity index (χ0v) is 12.0. The van der Waals surface area contributed by atoms with Crippen LogP contribution in [0.4, 0.5) is 4.39 Å². The Labute approximate surface area is 122 Å². The molecule has 1 aromatic heterocycles. The van der Waals surface area contributed by atoms with Gasteiger partial charge >= 0.3 is 5.97 Å². The van der Waals surface area contributed by atoms with E-state index in [9.17, 15) is 9.18 Å². The van der Waals surface area contributed by atoms with Crippen molar-refractivity contribution in [2.45, 2.75) is 33.3 Å². The van der Waals surface area contributed by atoms with Crippen molar-refractivity contribution < 1.29 is 18.4 Å². The highest BCUT2D eigenvalue weighted by atomic mass is 19.1. The second-order valence-corrected chi connectivity index (χ2v) is 5.12. The lowest BCUT2D eigenvalue weighted by Crippen LogP contribution is -2.06. The number of carbonyl (C=O) groups is 1. The van der Waals surface area contributed by atoms with Crippen LogP contribution in [0.5, 0.6) is 0 Å². The number of esters is 1. The molecule has 0 aliphatic heterocycles. The Kier molecular flexibility index (Phi) is 5.03. The molecule has 21 heavy (non-hydrogen) atoms. The van der Waals surface area contributed by atoms with Gasteiger partial charge in [-0.2, -0.15) is 4.98 Å². The van der Waals surface area contributed by atoms with Crippen LogP contribution in [0.2, 0.25) is 0 Å². The molecule has 0 fully saturated rings. The molecule has 0 unspecified atom stereocenters. The molecule has 0 saturated heterocycles. The van der Waals surface area contributed by atoms with Gasteiger partial charge in [-0.3, -0.25) is 4.79 Å². The molecule has 2 aromatic rings. The summed E-state index contributed by atoms with van der Waals surface area (Å²) in [5.41, 5.74) is 0.612. The van der Waals surface area contributed by atoms with E-state index in [-0.39, 0.29) is 30.1 Å². The summed E-state index contributed by atoms with van der Waals surface area (Å²) in [4.78, 5) is 15.6. The molecule has 0 aliphatic rings. The number of benzene rings is 1. The van der Waals surface area contributed by atoms with Crippen molar-refractivity contribution in [3.63, 3.8) is 0 Å². The molecule has 112 valence electrons. The lowest BCUT2D eigenvalue weighted by atomic mass is 10.1. The Morgan fingerprint density at radius 3 is 2.71 bits per heavy atom. The van der Waals surface area contributed by atoms with Gasteiger partial charge in [-0.05, 0) is 36.6 Å². The van der Waals surface area contributed by atoms with E-state index in [0.29, 0.717) is 17.9 Å². The molecular weight excluding hydrogens is 275 g/mol. The van der Waals surface area contributed by atoms with Crippen LogP contribution in [-0.2, 0) is 16.1 Å². The fraction of sp³-hybridized carbons (Fsp3) is 0.400. The molecule has 0 radical (unpaired) electrons. The maximum atomic E-state index is 12.8. The van der Waals surface area contributed by atoms with E-state index < -0.39 is 0 Å². The van der Waals surface area contributed by atoms with Crippen molar-refractivity contribution in [1.82, 2.24) is 10.1 Å². The average Bonchev–Trinajstić information content (AvgIpc) is 2.92. The first-order valence-corrected chi connectivity index (χ1v) is 6.78. The minimum atomic E-state index is -0.336. The highest BCUT2D eigenvalue weighted by Gasteiger charge is 2.11. The molecule has 0 N–H and O–H groups in total. The number of ether oxygens (including phenoxy) is 1. The summed E-state index contributed by atoms with van der Waals surface area (Å²) in [5.74, 6) is 0.387. The smallest absolute Gasteiger partial charge is 0.306 e. The molecule has 5 nitrogen and oxygen atoms in total. The molecule has 0 spiro atoms. The number of nitrogens with zero attached hydrogens (tertiary/aromatic N) is 2. The van der Waals surface area contributed by atoms with Gasteiger partial charge in [0.05, 0.1) is 0 Å². The highest BCUT2D eigenvalue weighted by molar-refractivity contribution is 5.69. The third-order valence-corrected chi connectivity index (χ3v) is 2.85. The van der Waals surface area contributed by atoms with E-state index in [4.69, 9.17) is 9.26 Å². The lowest BCUT2D eigenvalue weighted by molar-refractivity contribution is -0.145. The van der Waals surface area contributed by atoms with Crippen molar-refractivity contribution in [2.24, 2.45) is 5.92 Å². The second kappa shape index (κ2) is 6.97. The van der Waals surface area contributed by atoms with E-state index in [0.717, 1.165) is 6.42 Å². The molecule has 1 aromatic carbocycles. The van der Waals surface area contributed by atoms with Crippen molar-refractivity contribution >= 4 is 5.97 Å².